The molecule has 0 aromatic carbocycles. The number of nitrogens with one attached hydrogen (secondary N) is 1. The monoisotopic (exact) mass is 294 g/mol. The second-order valence-electron chi connectivity index (χ2n) is 6.40. The van der Waals surface area contributed by atoms with Crippen molar-refractivity contribution in [2.45, 2.75) is 63.2 Å². The summed E-state index contributed by atoms with van der Waals surface area (Å²) >= 11 is 2.11. The van der Waals surface area contributed by atoms with Gasteiger partial charge in [-0.3, -0.25) is 4.90 Å². The molecule has 2 aliphatic rings. The number of hydrogen-bond acceptors (Lipinski definition) is 4. The summed E-state index contributed by atoms with van der Waals surface area (Å²) in [6.45, 7) is 11.1. The van der Waals surface area contributed by atoms with Crippen LogP contribution in [0.2, 0.25) is 0 Å². The summed E-state index contributed by atoms with van der Waals surface area (Å²) in [6.07, 6.45) is 2.65. The van der Waals surface area contributed by atoms with Crippen LogP contribution in [0.25, 0.3) is 0 Å². The first-order valence-corrected chi connectivity index (χ1v) is 8.74. The predicted molar refractivity (Wildman–Crippen MR) is 85.1 cm³/mol. The van der Waals surface area contributed by atoms with E-state index in [1.54, 1.807) is 0 Å². The molecular weight excluding hydrogens is 268 g/mol. The fourth-order valence-electron chi connectivity index (χ4n) is 3.02. The molecule has 0 radical (unpaired) electrons. The zero-order valence-electron chi connectivity index (χ0n) is 12.8. The topological polar surface area (TPSA) is 28.4 Å². The first-order valence-electron chi connectivity index (χ1n) is 7.79. The molecule has 2 heterocycles. The smallest absolute Gasteiger partial charge is 0.118 e. The van der Waals surface area contributed by atoms with Crippen molar-refractivity contribution in [3.63, 3.8) is 0 Å². The Hall–Kier alpha value is -0.450. The van der Waals surface area contributed by atoms with Gasteiger partial charge in [0.15, 0.2) is 0 Å². The van der Waals surface area contributed by atoms with Gasteiger partial charge in [-0.15, -0.1) is 0 Å². The molecule has 2 unspecified atom stereocenters. The zero-order chi connectivity index (χ0) is 14.1. The van der Waals surface area contributed by atoms with Gasteiger partial charge in [-0.05, 0) is 25.8 Å². The fourth-order valence-corrected chi connectivity index (χ4v) is 4.41. The minimum Gasteiger partial charge on any atom is -0.465 e. The SMILES string of the molecule is Cc1oc(CNC2CC2)cc1CN1CC(C)SC(C)C1. The Balaban J connectivity index is 1.58. The number of thioether (sulfide) groups is 1. The highest BCUT2D eigenvalue weighted by atomic mass is 32.2. The van der Waals surface area contributed by atoms with Gasteiger partial charge in [-0.25, -0.2) is 0 Å². The summed E-state index contributed by atoms with van der Waals surface area (Å²) < 4.78 is 5.89. The van der Waals surface area contributed by atoms with Gasteiger partial charge in [0.2, 0.25) is 0 Å². The second-order valence-corrected chi connectivity index (χ2v) is 8.28. The molecule has 2 atom stereocenters. The Morgan fingerprint density at radius 3 is 2.65 bits per heavy atom. The molecule has 1 aromatic rings. The molecule has 2 fully saturated rings. The fraction of sp³-hybridized carbons (Fsp3) is 0.750. The third-order valence-corrected chi connectivity index (χ3v) is 5.33. The average molecular weight is 294 g/mol. The lowest BCUT2D eigenvalue weighted by molar-refractivity contribution is 0.261. The van der Waals surface area contributed by atoms with Gasteiger partial charge in [0.25, 0.3) is 0 Å². The van der Waals surface area contributed by atoms with Gasteiger partial charge in [-0.2, -0.15) is 11.8 Å². The highest BCUT2D eigenvalue weighted by Gasteiger charge is 2.24. The summed E-state index contributed by atoms with van der Waals surface area (Å²) in [6, 6.07) is 2.99. The van der Waals surface area contributed by atoms with Crippen molar-refractivity contribution in [3.05, 3.63) is 23.2 Å². The van der Waals surface area contributed by atoms with E-state index in [0.717, 1.165) is 41.2 Å². The van der Waals surface area contributed by atoms with E-state index in [-0.39, 0.29) is 0 Å². The maximum atomic E-state index is 5.89. The van der Waals surface area contributed by atoms with Gasteiger partial charge in [0, 0.05) is 41.7 Å². The molecule has 0 amide bonds. The third-order valence-electron chi connectivity index (χ3n) is 4.10. The number of furan rings is 1. The highest BCUT2D eigenvalue weighted by molar-refractivity contribution is 8.00. The first-order chi connectivity index (χ1) is 9.60. The molecule has 1 aromatic heterocycles. The minimum absolute atomic E-state index is 0.738. The van der Waals surface area contributed by atoms with Gasteiger partial charge >= 0.3 is 0 Å². The third kappa shape index (κ3) is 3.80. The van der Waals surface area contributed by atoms with Crippen molar-refractivity contribution in [1.29, 1.82) is 0 Å². The van der Waals surface area contributed by atoms with E-state index in [1.807, 2.05) is 0 Å². The Kier molecular flexibility index (Phi) is 4.43. The summed E-state index contributed by atoms with van der Waals surface area (Å²) in [4.78, 5) is 2.57. The quantitative estimate of drug-likeness (QED) is 0.903. The van der Waals surface area contributed by atoms with Crippen molar-refractivity contribution in [3.8, 4) is 0 Å². The van der Waals surface area contributed by atoms with Gasteiger partial charge in [0.1, 0.15) is 11.5 Å². The van der Waals surface area contributed by atoms with Crippen molar-refractivity contribution in [2.24, 2.45) is 0 Å². The zero-order valence-corrected chi connectivity index (χ0v) is 13.6. The summed E-state index contributed by atoms with van der Waals surface area (Å²) in [5.41, 5.74) is 1.36. The van der Waals surface area contributed by atoms with Crippen molar-refractivity contribution < 1.29 is 4.42 Å². The normalized spacial score (nSPS) is 27.9. The van der Waals surface area contributed by atoms with Crippen LogP contribution < -0.4 is 5.32 Å². The first kappa shape index (κ1) is 14.5. The number of aryl methyl sites for hydroxylation is 1. The maximum Gasteiger partial charge on any atom is 0.118 e. The maximum absolute atomic E-state index is 5.89. The van der Waals surface area contributed by atoms with Crippen LogP contribution in [0, 0.1) is 6.92 Å². The van der Waals surface area contributed by atoms with Crippen LogP contribution in [0.4, 0.5) is 0 Å². The summed E-state index contributed by atoms with van der Waals surface area (Å²) in [7, 11) is 0. The molecule has 112 valence electrons. The van der Waals surface area contributed by atoms with Crippen LogP contribution >= 0.6 is 11.8 Å². The van der Waals surface area contributed by atoms with Crippen molar-refractivity contribution in [1.82, 2.24) is 10.2 Å². The van der Waals surface area contributed by atoms with Crippen molar-refractivity contribution >= 4 is 11.8 Å². The van der Waals surface area contributed by atoms with Gasteiger partial charge in [0.05, 0.1) is 6.54 Å². The Morgan fingerprint density at radius 1 is 1.30 bits per heavy atom. The molecule has 1 N–H and O–H groups in total. The predicted octanol–water partition coefficient (Wildman–Crippen LogP) is 3.17. The van der Waals surface area contributed by atoms with E-state index in [1.165, 1.54) is 31.5 Å². The second kappa shape index (κ2) is 6.12. The molecule has 0 bridgehead atoms. The molecule has 1 saturated heterocycles. The standard InChI is InChI=1S/C16H26N2OS/c1-11-8-18(9-12(2)20-11)10-14-6-16(19-13(14)3)7-17-15-4-5-15/h6,11-12,15,17H,4-5,7-10H2,1-3H3. The Morgan fingerprint density at radius 2 is 2.00 bits per heavy atom. The van der Waals surface area contributed by atoms with Gasteiger partial charge in [-0.1, -0.05) is 13.8 Å². The number of nitrogens with zero attached hydrogens (tertiary/aromatic N) is 1. The van der Waals surface area contributed by atoms with E-state index >= 15 is 0 Å². The van der Waals surface area contributed by atoms with Crippen LogP contribution in [-0.2, 0) is 13.1 Å². The Bertz CT molecular complexity index is 445. The number of rotatable bonds is 5. The van der Waals surface area contributed by atoms with E-state index in [2.05, 4.69) is 48.8 Å². The lowest BCUT2D eigenvalue weighted by atomic mass is 10.2. The van der Waals surface area contributed by atoms with E-state index < -0.39 is 0 Å². The molecule has 1 aliphatic carbocycles. The lowest BCUT2D eigenvalue weighted by Crippen LogP contribution is -2.39. The average Bonchev–Trinajstić information content (AvgIpc) is 3.12. The highest BCUT2D eigenvalue weighted by Crippen LogP contribution is 2.27. The van der Waals surface area contributed by atoms with Crippen LogP contribution in [0.3, 0.4) is 0 Å². The van der Waals surface area contributed by atoms with E-state index in [4.69, 9.17) is 4.42 Å². The Labute approximate surface area is 126 Å². The van der Waals surface area contributed by atoms with Crippen LogP contribution in [0.5, 0.6) is 0 Å². The molecule has 0 spiro atoms. The van der Waals surface area contributed by atoms with Crippen LogP contribution in [0.1, 0.15) is 43.8 Å². The van der Waals surface area contributed by atoms with Crippen LogP contribution in [-0.4, -0.2) is 34.5 Å². The van der Waals surface area contributed by atoms with Gasteiger partial charge < -0.3 is 9.73 Å². The van der Waals surface area contributed by atoms with E-state index in [9.17, 15) is 0 Å². The molecule has 1 saturated carbocycles. The molecule has 3 rings (SSSR count). The molecular formula is C16H26N2OS. The molecule has 20 heavy (non-hydrogen) atoms. The molecule has 3 nitrogen and oxygen atoms in total. The van der Waals surface area contributed by atoms with E-state index in [0.29, 0.717) is 0 Å². The minimum atomic E-state index is 0.738. The number of hydrogen-bond donors (Lipinski definition) is 1. The summed E-state index contributed by atoms with van der Waals surface area (Å²) in [5.74, 6) is 2.19. The largest absolute Gasteiger partial charge is 0.465 e. The molecule has 1 aliphatic heterocycles. The molecule has 4 heteroatoms. The van der Waals surface area contributed by atoms with Crippen molar-refractivity contribution in [2.75, 3.05) is 13.1 Å². The lowest BCUT2D eigenvalue weighted by Gasteiger charge is -2.34. The van der Waals surface area contributed by atoms with Crippen LogP contribution in [0.15, 0.2) is 10.5 Å². The summed E-state index contributed by atoms with van der Waals surface area (Å²) in [5, 5.41) is 5.00.